The van der Waals surface area contributed by atoms with E-state index in [1.165, 1.54) is 64.5 Å². The lowest BCUT2D eigenvalue weighted by molar-refractivity contribution is 0.0396. The Kier molecular flexibility index (Phi) is 5.37. The Morgan fingerprint density at radius 1 is 1.18 bits per heavy atom. The van der Waals surface area contributed by atoms with Crippen molar-refractivity contribution in [1.82, 2.24) is 9.88 Å². The monoisotopic (exact) mass is 323 g/mol. The lowest BCUT2D eigenvalue weighted by atomic mass is 9.79. The van der Waals surface area contributed by atoms with Crippen LogP contribution in [0.2, 0.25) is 0 Å². The van der Waals surface area contributed by atoms with Crippen LogP contribution in [0.3, 0.4) is 0 Å². The molecule has 1 saturated carbocycles. The molecule has 5 heteroatoms. The van der Waals surface area contributed by atoms with Crippen LogP contribution in [-0.2, 0) is 6.61 Å². The SMILES string of the molecule is CN(CC1(N2CCCCC2)CCCCC1)c1nc(CO)cs1. The first kappa shape index (κ1) is 16.2. The zero-order valence-corrected chi connectivity index (χ0v) is 14.6. The number of thiazole rings is 1. The number of aromatic nitrogens is 1. The van der Waals surface area contributed by atoms with E-state index >= 15 is 0 Å². The zero-order chi connectivity index (χ0) is 15.4. The molecule has 1 saturated heterocycles. The van der Waals surface area contributed by atoms with Crippen LogP contribution in [0.25, 0.3) is 0 Å². The van der Waals surface area contributed by atoms with Gasteiger partial charge in [-0.2, -0.15) is 0 Å². The molecule has 0 spiro atoms. The Labute approximate surface area is 138 Å². The number of aliphatic hydroxyl groups is 1. The zero-order valence-electron chi connectivity index (χ0n) is 13.8. The Hall–Kier alpha value is -0.650. The normalized spacial score (nSPS) is 22.6. The molecule has 0 radical (unpaired) electrons. The third-order valence-electron chi connectivity index (χ3n) is 5.37. The highest BCUT2D eigenvalue weighted by atomic mass is 32.1. The summed E-state index contributed by atoms with van der Waals surface area (Å²) < 4.78 is 0. The second kappa shape index (κ2) is 7.28. The number of hydrogen-bond acceptors (Lipinski definition) is 5. The third kappa shape index (κ3) is 3.47. The first-order chi connectivity index (χ1) is 10.7. The lowest BCUT2D eigenvalue weighted by Gasteiger charge is -2.49. The van der Waals surface area contributed by atoms with E-state index in [2.05, 4.69) is 21.8 Å². The predicted octanol–water partition coefficient (Wildman–Crippen LogP) is 3.26. The van der Waals surface area contributed by atoms with Crippen molar-refractivity contribution in [2.24, 2.45) is 0 Å². The van der Waals surface area contributed by atoms with E-state index in [1.807, 2.05) is 5.38 Å². The number of likely N-dealkylation sites (N-methyl/N-ethyl adjacent to an activating group) is 1. The van der Waals surface area contributed by atoms with Crippen molar-refractivity contribution >= 4 is 16.5 Å². The maximum absolute atomic E-state index is 9.23. The summed E-state index contributed by atoms with van der Waals surface area (Å²) >= 11 is 1.65. The molecule has 124 valence electrons. The van der Waals surface area contributed by atoms with Gasteiger partial charge in [-0.1, -0.05) is 25.7 Å². The maximum Gasteiger partial charge on any atom is 0.185 e. The fourth-order valence-corrected chi connectivity index (χ4v) is 4.99. The van der Waals surface area contributed by atoms with Crippen LogP contribution in [-0.4, -0.2) is 47.2 Å². The number of nitrogens with zero attached hydrogens (tertiary/aromatic N) is 3. The van der Waals surface area contributed by atoms with E-state index < -0.39 is 0 Å². The number of piperidine rings is 1. The molecule has 1 aromatic rings. The Morgan fingerprint density at radius 3 is 2.50 bits per heavy atom. The van der Waals surface area contributed by atoms with Crippen molar-refractivity contribution < 1.29 is 5.11 Å². The molecule has 1 aliphatic heterocycles. The number of hydrogen-bond donors (Lipinski definition) is 1. The molecule has 2 aliphatic rings. The third-order valence-corrected chi connectivity index (χ3v) is 6.37. The molecule has 0 unspecified atom stereocenters. The van der Waals surface area contributed by atoms with E-state index in [0.717, 1.165) is 17.4 Å². The van der Waals surface area contributed by atoms with Crippen LogP contribution in [0.5, 0.6) is 0 Å². The summed E-state index contributed by atoms with van der Waals surface area (Å²) in [4.78, 5) is 9.65. The summed E-state index contributed by atoms with van der Waals surface area (Å²) in [5.74, 6) is 0. The van der Waals surface area contributed by atoms with Gasteiger partial charge in [-0.05, 0) is 38.8 Å². The fourth-order valence-electron chi connectivity index (χ4n) is 4.21. The smallest absolute Gasteiger partial charge is 0.185 e. The Bertz CT molecular complexity index is 464. The highest BCUT2D eigenvalue weighted by Crippen LogP contribution is 2.37. The average molecular weight is 324 g/mol. The standard InChI is InChI=1S/C17H29N3OS/c1-19(16-18-15(12-21)13-22-16)14-17(8-4-2-5-9-17)20-10-6-3-7-11-20/h13,21H,2-12,14H2,1H3. The van der Waals surface area contributed by atoms with Crippen LogP contribution in [0, 0.1) is 0 Å². The van der Waals surface area contributed by atoms with Crippen LogP contribution < -0.4 is 4.90 Å². The first-order valence-corrected chi connectivity index (χ1v) is 9.63. The van der Waals surface area contributed by atoms with Crippen molar-refractivity contribution in [3.8, 4) is 0 Å². The quantitative estimate of drug-likeness (QED) is 0.903. The molecule has 1 N–H and O–H groups in total. The topological polar surface area (TPSA) is 39.6 Å². The van der Waals surface area contributed by atoms with Gasteiger partial charge in [0, 0.05) is 24.5 Å². The second-order valence-corrected chi connectivity index (χ2v) is 7.80. The summed E-state index contributed by atoms with van der Waals surface area (Å²) in [5.41, 5.74) is 1.14. The Balaban J connectivity index is 1.74. The average Bonchev–Trinajstić information content (AvgIpc) is 3.06. The van der Waals surface area contributed by atoms with E-state index in [0.29, 0.717) is 5.54 Å². The van der Waals surface area contributed by atoms with Gasteiger partial charge in [0.05, 0.1) is 12.3 Å². The van der Waals surface area contributed by atoms with Gasteiger partial charge in [0.1, 0.15) is 0 Å². The highest BCUT2D eigenvalue weighted by molar-refractivity contribution is 7.13. The van der Waals surface area contributed by atoms with Gasteiger partial charge in [-0.3, -0.25) is 4.90 Å². The van der Waals surface area contributed by atoms with E-state index in [9.17, 15) is 5.11 Å². The van der Waals surface area contributed by atoms with Gasteiger partial charge in [0.2, 0.25) is 0 Å². The van der Waals surface area contributed by atoms with Gasteiger partial charge in [0.25, 0.3) is 0 Å². The second-order valence-electron chi connectivity index (χ2n) is 6.97. The molecule has 0 bridgehead atoms. The van der Waals surface area contributed by atoms with Crippen LogP contribution >= 0.6 is 11.3 Å². The fraction of sp³-hybridized carbons (Fsp3) is 0.824. The molecular formula is C17H29N3OS. The molecule has 2 fully saturated rings. The van der Waals surface area contributed by atoms with E-state index in [-0.39, 0.29) is 6.61 Å². The van der Waals surface area contributed by atoms with Gasteiger partial charge in [-0.15, -0.1) is 11.3 Å². The van der Waals surface area contributed by atoms with Crippen LogP contribution in [0.4, 0.5) is 5.13 Å². The van der Waals surface area contributed by atoms with Crippen molar-refractivity contribution in [2.75, 3.05) is 31.6 Å². The Morgan fingerprint density at radius 2 is 1.86 bits per heavy atom. The van der Waals surface area contributed by atoms with Crippen molar-refractivity contribution in [3.05, 3.63) is 11.1 Å². The summed E-state index contributed by atoms with van der Waals surface area (Å²) in [5, 5.41) is 12.2. The molecule has 3 rings (SSSR count). The lowest BCUT2D eigenvalue weighted by Crippen LogP contribution is -2.57. The summed E-state index contributed by atoms with van der Waals surface area (Å²) in [7, 11) is 2.17. The molecule has 22 heavy (non-hydrogen) atoms. The highest BCUT2D eigenvalue weighted by Gasteiger charge is 2.39. The minimum absolute atomic E-state index is 0.0433. The predicted molar refractivity (Wildman–Crippen MR) is 92.5 cm³/mol. The van der Waals surface area contributed by atoms with Crippen molar-refractivity contribution in [2.45, 2.75) is 63.5 Å². The van der Waals surface area contributed by atoms with Gasteiger partial charge >= 0.3 is 0 Å². The molecule has 0 atom stereocenters. The number of likely N-dealkylation sites (tertiary alicyclic amines) is 1. The summed E-state index contributed by atoms with van der Waals surface area (Å²) in [6.07, 6.45) is 10.9. The van der Waals surface area contributed by atoms with Crippen LogP contribution in [0.1, 0.15) is 57.1 Å². The van der Waals surface area contributed by atoms with Gasteiger partial charge < -0.3 is 10.0 Å². The number of anilines is 1. The van der Waals surface area contributed by atoms with E-state index in [1.54, 1.807) is 11.3 Å². The number of rotatable bonds is 5. The summed E-state index contributed by atoms with van der Waals surface area (Å²) in [6.45, 7) is 3.66. The molecular weight excluding hydrogens is 294 g/mol. The minimum Gasteiger partial charge on any atom is -0.390 e. The molecule has 0 amide bonds. The van der Waals surface area contributed by atoms with Gasteiger partial charge in [-0.25, -0.2) is 4.98 Å². The first-order valence-electron chi connectivity index (χ1n) is 8.75. The van der Waals surface area contributed by atoms with Crippen molar-refractivity contribution in [1.29, 1.82) is 0 Å². The molecule has 4 nitrogen and oxygen atoms in total. The minimum atomic E-state index is 0.0433. The number of aliphatic hydroxyl groups excluding tert-OH is 1. The molecule has 1 aromatic heterocycles. The summed E-state index contributed by atoms with van der Waals surface area (Å²) in [6, 6.07) is 0. The molecule has 0 aromatic carbocycles. The van der Waals surface area contributed by atoms with Crippen LogP contribution in [0.15, 0.2) is 5.38 Å². The molecule has 1 aliphatic carbocycles. The largest absolute Gasteiger partial charge is 0.390 e. The van der Waals surface area contributed by atoms with E-state index in [4.69, 9.17) is 0 Å². The van der Waals surface area contributed by atoms with Crippen molar-refractivity contribution in [3.63, 3.8) is 0 Å². The van der Waals surface area contributed by atoms with Gasteiger partial charge in [0.15, 0.2) is 5.13 Å². The maximum atomic E-state index is 9.23. The molecule has 2 heterocycles.